The molecule has 2 heterocycles. The Labute approximate surface area is 75.2 Å². The lowest BCUT2D eigenvalue weighted by atomic mass is 10.3. The van der Waals surface area contributed by atoms with E-state index in [1.54, 1.807) is 16.8 Å². The summed E-state index contributed by atoms with van der Waals surface area (Å²) in [7, 11) is 0. The van der Waals surface area contributed by atoms with Gasteiger partial charge in [-0.05, 0) is 13.3 Å². The number of hydrogen-bond donors (Lipinski definition) is 1. The molecule has 2 aromatic rings. The van der Waals surface area contributed by atoms with Crippen LogP contribution in [-0.4, -0.2) is 14.6 Å². The quantitative estimate of drug-likeness (QED) is 0.703. The molecule has 0 saturated carbocycles. The Balaban J connectivity index is 2.92. The van der Waals surface area contributed by atoms with Gasteiger partial charge in [0, 0.05) is 17.3 Å². The Morgan fingerprint density at radius 1 is 1.62 bits per heavy atom. The van der Waals surface area contributed by atoms with Gasteiger partial charge in [0.25, 0.3) is 5.56 Å². The lowest BCUT2D eigenvalue weighted by Crippen LogP contribution is -2.11. The van der Waals surface area contributed by atoms with Crippen molar-refractivity contribution in [3.05, 3.63) is 33.9 Å². The highest BCUT2D eigenvalue weighted by atomic mass is 16.1. The molecule has 4 nitrogen and oxygen atoms in total. The summed E-state index contributed by atoms with van der Waals surface area (Å²) in [6.07, 6.45) is 2.56. The first-order chi connectivity index (χ1) is 6.22. The molecule has 2 aromatic heterocycles. The van der Waals surface area contributed by atoms with Crippen LogP contribution < -0.4 is 5.56 Å². The topological polar surface area (TPSA) is 50.2 Å². The highest BCUT2D eigenvalue weighted by molar-refractivity contribution is 5.45. The van der Waals surface area contributed by atoms with Crippen molar-refractivity contribution in [3.63, 3.8) is 0 Å². The number of nitrogens with zero attached hydrogens (tertiary/aromatic N) is 2. The number of H-pyrrole nitrogens is 1. The molecule has 0 saturated heterocycles. The lowest BCUT2D eigenvalue weighted by Gasteiger charge is -2.00. The summed E-state index contributed by atoms with van der Waals surface area (Å²) < 4.78 is 1.77. The van der Waals surface area contributed by atoms with Gasteiger partial charge in [-0.3, -0.25) is 4.79 Å². The summed E-state index contributed by atoms with van der Waals surface area (Å²) in [6.45, 7) is 3.93. The molecule has 0 aliphatic heterocycles. The lowest BCUT2D eigenvalue weighted by molar-refractivity contribution is 0.842. The van der Waals surface area contributed by atoms with Crippen LogP contribution in [-0.2, 0) is 6.42 Å². The zero-order valence-corrected chi connectivity index (χ0v) is 7.66. The van der Waals surface area contributed by atoms with Crippen LogP contribution in [0, 0.1) is 6.92 Å². The third kappa shape index (κ3) is 1.14. The normalized spacial score (nSPS) is 10.9. The second-order valence-electron chi connectivity index (χ2n) is 3.07. The molecule has 0 unspecified atom stereocenters. The maximum atomic E-state index is 11.2. The molecule has 4 heteroatoms. The number of hydrogen-bond acceptors (Lipinski definition) is 2. The summed E-state index contributed by atoms with van der Waals surface area (Å²) >= 11 is 0. The van der Waals surface area contributed by atoms with E-state index >= 15 is 0 Å². The summed E-state index contributed by atoms with van der Waals surface area (Å²) in [5, 5.41) is 4.18. The second kappa shape index (κ2) is 2.73. The maximum absolute atomic E-state index is 11.2. The first-order valence-electron chi connectivity index (χ1n) is 4.29. The van der Waals surface area contributed by atoms with Gasteiger partial charge in [0.05, 0.1) is 6.20 Å². The fourth-order valence-electron chi connectivity index (χ4n) is 1.42. The third-order valence-corrected chi connectivity index (χ3v) is 2.13. The van der Waals surface area contributed by atoms with Crippen LogP contribution in [0.4, 0.5) is 0 Å². The van der Waals surface area contributed by atoms with Crippen molar-refractivity contribution in [1.29, 1.82) is 0 Å². The van der Waals surface area contributed by atoms with E-state index in [0.29, 0.717) is 0 Å². The number of fused-ring (bicyclic) bond motifs is 1. The SMILES string of the molecule is CCc1cc(=O)[nH]c2c(C)cnn12. The fourth-order valence-corrected chi connectivity index (χ4v) is 1.42. The standard InChI is InChI=1S/C9H11N3O/c1-3-7-4-8(13)11-9-6(2)5-10-12(7)9/h4-5H,3H2,1-2H3,(H,11,13). The minimum atomic E-state index is -0.0621. The molecule has 1 N–H and O–H groups in total. The van der Waals surface area contributed by atoms with Gasteiger partial charge >= 0.3 is 0 Å². The van der Waals surface area contributed by atoms with Crippen molar-refractivity contribution in [2.45, 2.75) is 20.3 Å². The Bertz CT molecular complexity index is 495. The minimum Gasteiger partial charge on any atom is -0.307 e. The summed E-state index contributed by atoms with van der Waals surface area (Å²) in [6, 6.07) is 1.58. The fraction of sp³-hybridized carbons (Fsp3) is 0.333. The van der Waals surface area contributed by atoms with Crippen molar-refractivity contribution >= 4 is 5.65 Å². The van der Waals surface area contributed by atoms with Crippen LogP contribution in [0.1, 0.15) is 18.2 Å². The molecule has 0 aliphatic carbocycles. The van der Waals surface area contributed by atoms with Crippen molar-refractivity contribution in [2.75, 3.05) is 0 Å². The summed E-state index contributed by atoms with van der Waals surface area (Å²) in [4.78, 5) is 14.0. The van der Waals surface area contributed by atoms with E-state index in [4.69, 9.17) is 0 Å². The third-order valence-electron chi connectivity index (χ3n) is 2.13. The molecule has 0 amide bonds. The monoisotopic (exact) mass is 177 g/mol. The van der Waals surface area contributed by atoms with Crippen molar-refractivity contribution in [3.8, 4) is 0 Å². The smallest absolute Gasteiger partial charge is 0.251 e. The zero-order chi connectivity index (χ0) is 9.42. The van der Waals surface area contributed by atoms with E-state index < -0.39 is 0 Å². The van der Waals surface area contributed by atoms with E-state index in [-0.39, 0.29) is 5.56 Å². The molecule has 0 aromatic carbocycles. The Hall–Kier alpha value is -1.58. The number of aromatic nitrogens is 3. The Morgan fingerprint density at radius 3 is 3.08 bits per heavy atom. The molecular weight excluding hydrogens is 166 g/mol. The molecule has 0 spiro atoms. The molecule has 0 fully saturated rings. The van der Waals surface area contributed by atoms with Gasteiger partial charge in [-0.1, -0.05) is 6.92 Å². The summed E-state index contributed by atoms with van der Waals surface area (Å²) in [5.74, 6) is 0. The van der Waals surface area contributed by atoms with Crippen LogP contribution in [0.15, 0.2) is 17.1 Å². The van der Waals surface area contributed by atoms with Crippen LogP contribution in [0.2, 0.25) is 0 Å². The number of rotatable bonds is 1. The molecule has 13 heavy (non-hydrogen) atoms. The van der Waals surface area contributed by atoms with Gasteiger partial charge in [0.2, 0.25) is 0 Å². The first-order valence-corrected chi connectivity index (χ1v) is 4.29. The first kappa shape index (κ1) is 8.04. The molecule has 68 valence electrons. The number of nitrogens with one attached hydrogen (secondary N) is 1. The average molecular weight is 177 g/mol. The highest BCUT2D eigenvalue weighted by Crippen LogP contribution is 2.06. The van der Waals surface area contributed by atoms with Crippen molar-refractivity contribution < 1.29 is 0 Å². The van der Waals surface area contributed by atoms with Crippen LogP contribution >= 0.6 is 0 Å². The predicted octanol–water partition coefficient (Wildman–Crippen LogP) is 0.893. The van der Waals surface area contributed by atoms with E-state index in [2.05, 4.69) is 10.1 Å². The molecule has 0 radical (unpaired) electrons. The number of aromatic amines is 1. The van der Waals surface area contributed by atoms with Gasteiger partial charge in [-0.25, -0.2) is 4.52 Å². The second-order valence-corrected chi connectivity index (χ2v) is 3.07. The highest BCUT2D eigenvalue weighted by Gasteiger charge is 2.04. The molecule has 2 rings (SSSR count). The Morgan fingerprint density at radius 2 is 2.38 bits per heavy atom. The average Bonchev–Trinajstić information content (AvgIpc) is 2.47. The van der Waals surface area contributed by atoms with Crippen LogP contribution in [0.3, 0.4) is 0 Å². The van der Waals surface area contributed by atoms with Gasteiger partial charge in [-0.15, -0.1) is 0 Å². The maximum Gasteiger partial charge on any atom is 0.251 e. The number of aryl methyl sites for hydroxylation is 2. The van der Waals surface area contributed by atoms with Crippen LogP contribution in [0.25, 0.3) is 5.65 Å². The van der Waals surface area contributed by atoms with Gasteiger partial charge in [0.1, 0.15) is 5.65 Å². The minimum absolute atomic E-state index is 0.0621. The largest absolute Gasteiger partial charge is 0.307 e. The van der Waals surface area contributed by atoms with Gasteiger partial charge in [-0.2, -0.15) is 5.10 Å². The van der Waals surface area contributed by atoms with Crippen molar-refractivity contribution in [2.24, 2.45) is 0 Å². The summed E-state index contributed by atoms with van der Waals surface area (Å²) in [5.41, 5.74) is 2.66. The van der Waals surface area contributed by atoms with Gasteiger partial charge in [0.15, 0.2) is 0 Å². The molecule has 0 atom stereocenters. The van der Waals surface area contributed by atoms with Crippen molar-refractivity contribution in [1.82, 2.24) is 14.6 Å². The van der Waals surface area contributed by atoms with E-state index in [1.165, 1.54) is 0 Å². The Kier molecular flexibility index (Phi) is 1.69. The van der Waals surface area contributed by atoms with E-state index in [1.807, 2.05) is 13.8 Å². The van der Waals surface area contributed by atoms with E-state index in [0.717, 1.165) is 23.3 Å². The molecule has 0 aliphatic rings. The molecular formula is C9H11N3O. The molecule has 0 bridgehead atoms. The predicted molar refractivity (Wildman–Crippen MR) is 49.9 cm³/mol. The van der Waals surface area contributed by atoms with E-state index in [9.17, 15) is 4.79 Å². The van der Waals surface area contributed by atoms with Crippen LogP contribution in [0.5, 0.6) is 0 Å². The van der Waals surface area contributed by atoms with Gasteiger partial charge < -0.3 is 4.98 Å². The zero-order valence-electron chi connectivity index (χ0n) is 7.66.